The van der Waals surface area contributed by atoms with Crippen molar-refractivity contribution >= 4 is 64.6 Å². The summed E-state index contributed by atoms with van der Waals surface area (Å²) in [7, 11) is 2.53. The summed E-state index contributed by atoms with van der Waals surface area (Å²) in [5.74, 6) is -22.9. The van der Waals surface area contributed by atoms with Gasteiger partial charge in [0.1, 0.15) is 5.69 Å². The molecule has 288 valence electrons. The average Bonchev–Trinajstić information content (AvgIpc) is 3.47. The molecule has 0 aromatic heterocycles. The second kappa shape index (κ2) is 14.2. The number of phenols is 1. The van der Waals surface area contributed by atoms with E-state index in [4.69, 9.17) is 37.8 Å². The van der Waals surface area contributed by atoms with Gasteiger partial charge in [0.05, 0.1) is 26.1 Å². The molecule has 6 atom stereocenters. The van der Waals surface area contributed by atoms with Gasteiger partial charge in [0.15, 0.2) is 44.5 Å². The molecule has 4 amide bonds. The lowest BCUT2D eigenvalue weighted by Crippen LogP contribution is -2.60. The van der Waals surface area contributed by atoms with Crippen LogP contribution in [0.15, 0.2) is 29.9 Å². The first-order chi connectivity index (χ1) is 25.5. The summed E-state index contributed by atoms with van der Waals surface area (Å²) in [6, 6.07) is 2.73. The number of hydrogen-bond donors (Lipinski definition) is 2. The second-order valence-corrected chi connectivity index (χ2v) is 14.6. The van der Waals surface area contributed by atoms with E-state index in [1.807, 2.05) is 0 Å². The van der Waals surface area contributed by atoms with Gasteiger partial charge in [-0.15, -0.1) is 23.2 Å². The first-order valence-electron chi connectivity index (χ1n) is 16.6. The molecule has 2 saturated heterocycles. The number of carboxylic acid groups (broad SMARTS) is 1. The number of fused-ring (bicyclic) bond motifs is 4. The molecule has 0 bridgehead atoms. The summed E-state index contributed by atoms with van der Waals surface area (Å²) in [6.45, 7) is -0.0307. The number of amides is 4. The molecule has 54 heavy (non-hydrogen) atoms. The monoisotopic (exact) mass is 800 g/mol. The van der Waals surface area contributed by atoms with Gasteiger partial charge in [-0.1, -0.05) is 30.2 Å². The predicted octanol–water partition coefficient (Wildman–Crippen LogP) is 5.86. The topological polar surface area (TPSA) is 151 Å². The highest BCUT2D eigenvalue weighted by Crippen LogP contribution is 2.64. The summed E-state index contributed by atoms with van der Waals surface area (Å²) >= 11 is 14.2. The maximum absolute atomic E-state index is 15.2. The molecular weight excluding hydrogens is 770 g/mol. The molecule has 2 heterocycles. The minimum atomic E-state index is -2.70. The van der Waals surface area contributed by atoms with Crippen LogP contribution in [0.4, 0.5) is 27.6 Å². The van der Waals surface area contributed by atoms with Crippen molar-refractivity contribution in [1.29, 1.82) is 0 Å². The van der Waals surface area contributed by atoms with E-state index in [0.717, 1.165) is 4.90 Å². The van der Waals surface area contributed by atoms with Crippen LogP contribution in [0.1, 0.15) is 44.1 Å². The van der Waals surface area contributed by atoms with Crippen molar-refractivity contribution in [2.75, 3.05) is 25.7 Å². The number of ether oxygens (including phenoxy) is 2. The molecule has 2 aliphatic carbocycles. The van der Waals surface area contributed by atoms with Crippen LogP contribution in [0.5, 0.6) is 17.2 Å². The zero-order valence-electron chi connectivity index (χ0n) is 28.4. The zero-order valence-corrected chi connectivity index (χ0v) is 30.0. The molecule has 4 aliphatic rings. The van der Waals surface area contributed by atoms with Gasteiger partial charge in [0.25, 0.3) is 11.8 Å². The number of anilines is 1. The maximum atomic E-state index is 15.2. The molecule has 18 heteroatoms. The fraction of sp³-hybridized carbons (Fsp3) is 0.417. The lowest BCUT2D eigenvalue weighted by Gasteiger charge is -2.49. The van der Waals surface area contributed by atoms with Gasteiger partial charge in [0, 0.05) is 18.9 Å². The third-order valence-electron chi connectivity index (χ3n) is 10.6. The van der Waals surface area contributed by atoms with Gasteiger partial charge < -0.3 is 19.7 Å². The Morgan fingerprint density at radius 3 is 2.06 bits per heavy atom. The lowest BCUT2D eigenvalue weighted by atomic mass is 9.57. The van der Waals surface area contributed by atoms with Crippen molar-refractivity contribution in [2.24, 2.45) is 23.7 Å². The van der Waals surface area contributed by atoms with E-state index in [9.17, 15) is 42.3 Å². The first-order valence-corrected chi connectivity index (χ1v) is 17.4. The molecule has 3 fully saturated rings. The molecule has 2 N–H and O–H groups in total. The van der Waals surface area contributed by atoms with Crippen molar-refractivity contribution in [2.45, 2.75) is 48.3 Å². The molecule has 1 saturated carbocycles. The largest absolute Gasteiger partial charge is 0.502 e. The van der Waals surface area contributed by atoms with E-state index < -0.39 is 104 Å². The molecule has 6 rings (SSSR count). The number of allylic oxidation sites excluding steroid dienone is 3. The number of methoxy groups -OCH3 is 2. The number of halogens is 7. The second-order valence-electron chi connectivity index (χ2n) is 13.4. The van der Waals surface area contributed by atoms with Crippen LogP contribution in [0.25, 0.3) is 6.08 Å². The van der Waals surface area contributed by atoms with Crippen LogP contribution >= 0.6 is 23.2 Å². The van der Waals surface area contributed by atoms with E-state index in [1.54, 1.807) is 6.08 Å². The van der Waals surface area contributed by atoms with Crippen molar-refractivity contribution in [3.05, 3.63) is 64.5 Å². The smallest absolute Gasteiger partial charge is 0.303 e. The van der Waals surface area contributed by atoms with Crippen LogP contribution < -0.4 is 14.4 Å². The Kier molecular flexibility index (Phi) is 10.2. The van der Waals surface area contributed by atoms with Crippen molar-refractivity contribution < 1.29 is 65.6 Å². The Morgan fingerprint density at radius 1 is 0.889 bits per heavy atom. The Bertz CT molecular complexity index is 2010. The lowest BCUT2D eigenvalue weighted by molar-refractivity contribution is -0.141. The number of alkyl halides is 2. The van der Waals surface area contributed by atoms with Crippen LogP contribution in [0.3, 0.4) is 0 Å². The third kappa shape index (κ3) is 5.71. The number of aromatic hydroxyl groups is 1. The Hall–Kier alpha value is -4.70. The van der Waals surface area contributed by atoms with Crippen molar-refractivity contribution in [1.82, 2.24) is 4.90 Å². The number of imide groups is 2. The summed E-state index contributed by atoms with van der Waals surface area (Å²) in [5, 5.41) is 19.3. The summed E-state index contributed by atoms with van der Waals surface area (Å²) in [5.41, 5.74) is -1.36. The highest BCUT2D eigenvalue weighted by molar-refractivity contribution is 6.58. The minimum Gasteiger partial charge on any atom is -0.502 e. The summed E-state index contributed by atoms with van der Waals surface area (Å²) in [4.78, 5) is 62.5. The van der Waals surface area contributed by atoms with Gasteiger partial charge in [-0.05, 0) is 49.3 Å². The molecule has 2 aromatic rings. The number of likely N-dealkylation sites (tertiary alicyclic amines) is 1. The Labute approximate surface area is 313 Å². The Balaban J connectivity index is 1.47. The highest BCUT2D eigenvalue weighted by atomic mass is 35.5. The standard InChI is InChI=1S/C36H31Cl2F5N2O9/c1-53-20-12-15(13-21(54-2)30(20)48)7-10-19-16-8-9-17-23(32(50)44(31(17)49)11-5-3-4-6-22(46)47)18(16)14-35(37)33(51)45(34(52)36(19,35)38)29-27(42)25(40)24(39)26(41)28(29)43/h7-8,10,12-13,17-19,23,48H,3-6,9,11,14H2,1-2H3,(H,46,47)/t17-,18+,19-,23-,35+,36-/m0/s1. The van der Waals surface area contributed by atoms with E-state index in [0.29, 0.717) is 19.3 Å². The van der Waals surface area contributed by atoms with E-state index in [2.05, 4.69) is 0 Å². The molecule has 0 spiro atoms. The van der Waals surface area contributed by atoms with Gasteiger partial charge in [-0.3, -0.25) is 28.9 Å². The zero-order chi connectivity index (χ0) is 39.6. The molecule has 2 aromatic carbocycles. The normalized spacial score (nSPS) is 27.7. The number of carbonyl (C=O) groups is 5. The quantitative estimate of drug-likeness (QED) is 0.0542. The summed E-state index contributed by atoms with van der Waals surface area (Å²) in [6.07, 6.45) is 4.45. The SMILES string of the molecule is COc1cc(C=C[C@H]2C3=CC[C@@H]4C(=O)N(CCCCCC(=O)O)C(=O)[C@@H]4[C@@H]3C[C@@]3(Cl)C(=O)N(c4c(F)c(F)c(F)c(F)c4F)C(=O)[C@@]23Cl)cc(OC)c1O. The Morgan fingerprint density at radius 2 is 1.48 bits per heavy atom. The number of carboxylic acids is 1. The molecule has 0 unspecified atom stereocenters. The number of unbranched alkanes of at least 4 members (excludes halogenated alkanes) is 2. The molecular formula is C36H31Cl2F5N2O9. The number of aliphatic carboxylic acids is 1. The van der Waals surface area contributed by atoms with E-state index in [1.165, 1.54) is 38.5 Å². The fourth-order valence-electron chi connectivity index (χ4n) is 8.04. The first kappa shape index (κ1) is 39.0. The number of benzene rings is 2. The number of rotatable bonds is 11. The number of phenolic OH excluding ortho intramolecular Hbond substituents is 1. The van der Waals surface area contributed by atoms with Crippen molar-refractivity contribution in [3.8, 4) is 17.2 Å². The number of nitrogens with zero attached hydrogens (tertiary/aromatic N) is 2. The third-order valence-corrected chi connectivity index (χ3v) is 12.1. The van der Waals surface area contributed by atoms with Gasteiger partial charge in [0.2, 0.25) is 23.4 Å². The average molecular weight is 802 g/mol. The maximum Gasteiger partial charge on any atom is 0.303 e. The van der Waals surface area contributed by atoms with Crippen LogP contribution in [-0.2, 0) is 24.0 Å². The van der Waals surface area contributed by atoms with Crippen LogP contribution in [0.2, 0.25) is 0 Å². The molecule has 11 nitrogen and oxygen atoms in total. The van der Waals surface area contributed by atoms with E-state index in [-0.39, 0.29) is 52.7 Å². The number of carbonyl (C=O) groups excluding carboxylic acids is 4. The molecule has 2 aliphatic heterocycles. The van der Waals surface area contributed by atoms with Gasteiger partial charge in [-0.2, -0.15) is 0 Å². The minimum absolute atomic E-state index is 0.0307. The highest BCUT2D eigenvalue weighted by Gasteiger charge is 2.76. The van der Waals surface area contributed by atoms with Gasteiger partial charge in [-0.25, -0.2) is 26.9 Å². The van der Waals surface area contributed by atoms with E-state index >= 15 is 8.78 Å². The number of hydrogen-bond acceptors (Lipinski definition) is 8. The van der Waals surface area contributed by atoms with Crippen LogP contribution in [-0.4, -0.2) is 75.2 Å². The predicted molar refractivity (Wildman–Crippen MR) is 180 cm³/mol. The fourth-order valence-corrected chi connectivity index (χ4v) is 8.93. The van der Waals surface area contributed by atoms with Crippen molar-refractivity contribution in [3.63, 3.8) is 0 Å². The summed E-state index contributed by atoms with van der Waals surface area (Å²) < 4.78 is 83.8. The van der Waals surface area contributed by atoms with Gasteiger partial charge >= 0.3 is 5.97 Å². The molecule has 0 radical (unpaired) electrons. The van der Waals surface area contributed by atoms with Crippen LogP contribution in [0, 0.1) is 52.8 Å².